The second-order valence-corrected chi connectivity index (χ2v) is 8.47. The molecule has 7 N–H and O–H groups in total. The van der Waals surface area contributed by atoms with Gasteiger partial charge in [-0.25, -0.2) is 4.79 Å². The number of hydrogen-bond donors (Lipinski definition) is 7. The SMILES string of the molecule is O=C1CC(c2ccc(OC3O[C@H](CO)[C@@H](O)[C@H](O)[C@H]3O)cc2)C2(O1)C(=O)OC(C(O)CO)C2O. The molecule has 1 spiro atoms. The third-order valence-electron chi connectivity index (χ3n) is 6.43. The maximum Gasteiger partial charge on any atom is 0.354 e. The molecule has 0 radical (unpaired) electrons. The van der Waals surface area contributed by atoms with Gasteiger partial charge in [0.1, 0.15) is 42.4 Å². The monoisotopic (exact) mass is 486 g/mol. The molecule has 0 aromatic heterocycles. The summed E-state index contributed by atoms with van der Waals surface area (Å²) >= 11 is 0. The van der Waals surface area contributed by atoms with Crippen molar-refractivity contribution in [1.29, 1.82) is 0 Å². The zero-order chi connectivity index (χ0) is 24.8. The van der Waals surface area contributed by atoms with Crippen molar-refractivity contribution in [3.05, 3.63) is 29.8 Å². The second-order valence-electron chi connectivity index (χ2n) is 8.47. The average molecular weight is 486 g/mol. The summed E-state index contributed by atoms with van der Waals surface area (Å²) in [4.78, 5) is 24.8. The van der Waals surface area contributed by atoms with Crippen molar-refractivity contribution in [2.24, 2.45) is 0 Å². The summed E-state index contributed by atoms with van der Waals surface area (Å²) in [5.41, 5.74) is -1.71. The highest BCUT2D eigenvalue weighted by Crippen LogP contribution is 2.49. The third-order valence-corrected chi connectivity index (χ3v) is 6.43. The van der Waals surface area contributed by atoms with Gasteiger partial charge in [0.15, 0.2) is 6.10 Å². The van der Waals surface area contributed by atoms with Gasteiger partial charge in [-0.15, -0.1) is 0 Å². The highest BCUT2D eigenvalue weighted by atomic mass is 16.7. The van der Waals surface area contributed by atoms with Crippen LogP contribution >= 0.6 is 0 Å². The molecule has 0 saturated carbocycles. The fourth-order valence-electron chi connectivity index (χ4n) is 4.55. The molecule has 34 heavy (non-hydrogen) atoms. The lowest BCUT2D eigenvalue weighted by Crippen LogP contribution is -2.60. The Kier molecular flexibility index (Phi) is 6.81. The topological polar surface area (TPSA) is 213 Å². The smallest absolute Gasteiger partial charge is 0.354 e. The number of aliphatic hydroxyl groups is 7. The Bertz CT molecular complexity index is 904. The van der Waals surface area contributed by atoms with E-state index in [9.17, 15) is 40.2 Å². The predicted molar refractivity (Wildman–Crippen MR) is 106 cm³/mol. The maximum atomic E-state index is 12.7. The Labute approximate surface area is 192 Å². The Morgan fingerprint density at radius 2 is 1.71 bits per heavy atom. The van der Waals surface area contributed by atoms with Gasteiger partial charge in [0.05, 0.1) is 19.6 Å². The number of aliphatic hydroxyl groups excluding tert-OH is 7. The van der Waals surface area contributed by atoms with Gasteiger partial charge in [-0.2, -0.15) is 0 Å². The molecule has 3 fully saturated rings. The molecule has 3 saturated heterocycles. The van der Waals surface area contributed by atoms with E-state index in [1.165, 1.54) is 24.3 Å². The van der Waals surface area contributed by atoms with Gasteiger partial charge in [-0.1, -0.05) is 12.1 Å². The van der Waals surface area contributed by atoms with Crippen LogP contribution in [0.15, 0.2) is 24.3 Å². The summed E-state index contributed by atoms with van der Waals surface area (Å²) in [7, 11) is 0. The largest absolute Gasteiger partial charge is 0.462 e. The normalized spacial score (nSPS) is 40.8. The van der Waals surface area contributed by atoms with Gasteiger partial charge >= 0.3 is 11.9 Å². The Balaban J connectivity index is 1.54. The van der Waals surface area contributed by atoms with Crippen LogP contribution in [-0.4, -0.2) is 116 Å². The first-order valence-electron chi connectivity index (χ1n) is 10.6. The van der Waals surface area contributed by atoms with Crippen molar-refractivity contribution in [3.8, 4) is 5.75 Å². The predicted octanol–water partition coefficient (Wildman–Crippen LogP) is -3.73. The van der Waals surface area contributed by atoms with E-state index in [0.29, 0.717) is 5.56 Å². The van der Waals surface area contributed by atoms with E-state index < -0.39 is 85.7 Å². The Hall–Kier alpha value is -2.36. The highest BCUT2D eigenvalue weighted by Gasteiger charge is 2.69. The fourth-order valence-corrected chi connectivity index (χ4v) is 4.55. The Morgan fingerprint density at radius 3 is 2.32 bits per heavy atom. The first-order chi connectivity index (χ1) is 16.1. The lowest BCUT2D eigenvalue weighted by atomic mass is 9.77. The number of hydrogen-bond acceptors (Lipinski definition) is 13. The molecule has 3 heterocycles. The molecule has 0 amide bonds. The van der Waals surface area contributed by atoms with E-state index in [-0.39, 0.29) is 12.2 Å². The summed E-state index contributed by atoms with van der Waals surface area (Å²) in [5, 5.41) is 68.9. The summed E-state index contributed by atoms with van der Waals surface area (Å²) in [6, 6.07) is 5.78. The van der Waals surface area contributed by atoms with Crippen LogP contribution in [0.2, 0.25) is 0 Å². The molecule has 1 aromatic rings. The molecule has 188 valence electrons. The van der Waals surface area contributed by atoms with Crippen molar-refractivity contribution in [1.82, 2.24) is 0 Å². The third kappa shape index (κ3) is 3.93. The van der Waals surface area contributed by atoms with Crippen molar-refractivity contribution >= 4 is 11.9 Å². The van der Waals surface area contributed by atoms with Crippen molar-refractivity contribution in [2.75, 3.05) is 13.2 Å². The summed E-state index contributed by atoms with van der Waals surface area (Å²) < 4.78 is 21.1. The first kappa shape index (κ1) is 24.8. The van der Waals surface area contributed by atoms with Crippen LogP contribution in [0.1, 0.15) is 17.9 Å². The van der Waals surface area contributed by atoms with Crippen LogP contribution in [0, 0.1) is 0 Å². The number of carbonyl (C=O) groups excluding carboxylic acids is 2. The molecule has 0 aliphatic carbocycles. The molecule has 10 atom stereocenters. The van der Waals surface area contributed by atoms with Crippen LogP contribution in [-0.2, 0) is 23.8 Å². The molecular weight excluding hydrogens is 460 g/mol. The van der Waals surface area contributed by atoms with Gasteiger partial charge in [0.2, 0.25) is 11.9 Å². The second kappa shape index (κ2) is 9.36. The molecule has 1 aromatic carbocycles. The van der Waals surface area contributed by atoms with Gasteiger partial charge < -0.3 is 54.7 Å². The highest BCUT2D eigenvalue weighted by molar-refractivity contribution is 5.91. The molecule has 13 heteroatoms. The zero-order valence-electron chi connectivity index (χ0n) is 17.7. The molecule has 3 aliphatic heterocycles. The lowest BCUT2D eigenvalue weighted by Gasteiger charge is -2.39. The van der Waals surface area contributed by atoms with Gasteiger partial charge in [-0.3, -0.25) is 4.79 Å². The molecule has 4 rings (SSSR count). The van der Waals surface area contributed by atoms with Crippen LogP contribution in [0.25, 0.3) is 0 Å². The minimum Gasteiger partial charge on any atom is -0.462 e. The maximum absolute atomic E-state index is 12.7. The number of carbonyl (C=O) groups is 2. The van der Waals surface area contributed by atoms with Crippen molar-refractivity contribution < 1.29 is 64.3 Å². The van der Waals surface area contributed by atoms with E-state index in [1.54, 1.807) is 0 Å². The minimum absolute atomic E-state index is 0.149. The lowest BCUT2D eigenvalue weighted by molar-refractivity contribution is -0.277. The summed E-state index contributed by atoms with van der Waals surface area (Å²) in [5.74, 6) is -2.63. The van der Waals surface area contributed by atoms with Crippen LogP contribution < -0.4 is 4.74 Å². The molecule has 3 aliphatic rings. The minimum atomic E-state index is -2.10. The molecule has 6 unspecified atom stereocenters. The van der Waals surface area contributed by atoms with E-state index in [1.807, 2.05) is 0 Å². The average Bonchev–Trinajstić information content (AvgIpc) is 3.31. The fraction of sp³-hybridized carbons (Fsp3) is 0.619. The summed E-state index contributed by atoms with van der Waals surface area (Å²) in [6.07, 6.45) is -12.4. The first-order valence-corrected chi connectivity index (χ1v) is 10.6. The molecule has 13 nitrogen and oxygen atoms in total. The standard InChI is InChI=1S/C21H26O13/c22-6-11(24)17-18(29)21(20(30)33-17)10(5-13(25)34-21)8-1-3-9(4-2-8)31-19-16(28)15(27)14(26)12(7-23)32-19/h1-4,10-12,14-19,22-24,26-29H,5-7H2/t10?,11?,12-,14-,15+,16-,17?,18?,19?,21?/m1/s1. The van der Waals surface area contributed by atoms with E-state index >= 15 is 0 Å². The van der Waals surface area contributed by atoms with E-state index in [2.05, 4.69) is 0 Å². The van der Waals surface area contributed by atoms with Crippen LogP contribution in [0.5, 0.6) is 5.75 Å². The van der Waals surface area contributed by atoms with Crippen LogP contribution in [0.4, 0.5) is 0 Å². The van der Waals surface area contributed by atoms with Crippen molar-refractivity contribution in [2.45, 2.75) is 67.0 Å². The van der Waals surface area contributed by atoms with Gasteiger partial charge in [0.25, 0.3) is 0 Å². The van der Waals surface area contributed by atoms with Crippen LogP contribution in [0.3, 0.4) is 0 Å². The quantitative estimate of drug-likeness (QED) is 0.193. The zero-order valence-corrected chi connectivity index (χ0v) is 17.7. The number of benzene rings is 1. The number of cyclic esters (lactones) is 1. The Morgan fingerprint density at radius 1 is 1.03 bits per heavy atom. The summed E-state index contributed by atoms with van der Waals surface area (Å²) in [6.45, 7) is -1.40. The molecular formula is C21H26O13. The van der Waals surface area contributed by atoms with E-state index in [4.69, 9.17) is 24.1 Å². The molecule has 0 bridgehead atoms. The number of rotatable bonds is 6. The van der Waals surface area contributed by atoms with Gasteiger partial charge in [-0.05, 0) is 17.7 Å². The van der Waals surface area contributed by atoms with Gasteiger partial charge in [0, 0.05) is 5.92 Å². The van der Waals surface area contributed by atoms with E-state index in [0.717, 1.165) is 0 Å². The number of ether oxygens (including phenoxy) is 4. The number of esters is 2. The van der Waals surface area contributed by atoms with Crippen molar-refractivity contribution in [3.63, 3.8) is 0 Å².